The molecule has 7 heteroatoms. The quantitative estimate of drug-likeness (QED) is 0.766. The molecule has 2 aromatic heterocycles. The molecular formula is C18H22N6O. The zero-order valence-corrected chi connectivity index (χ0v) is 14.3. The number of aromatic nitrogens is 4. The zero-order valence-electron chi connectivity index (χ0n) is 14.3. The molecule has 1 aromatic carbocycles. The van der Waals surface area contributed by atoms with Crippen LogP contribution in [0, 0.1) is 0 Å². The Kier molecular flexibility index (Phi) is 4.58. The molecule has 0 amide bonds. The third-order valence-corrected chi connectivity index (χ3v) is 4.59. The van der Waals surface area contributed by atoms with E-state index in [1.54, 1.807) is 11.0 Å². The van der Waals surface area contributed by atoms with Gasteiger partial charge in [0.15, 0.2) is 5.65 Å². The fourth-order valence-electron chi connectivity index (χ4n) is 3.20. The number of aryl methyl sites for hydroxylation is 1. The average Bonchev–Trinajstić information content (AvgIpc) is 3.05. The highest BCUT2D eigenvalue weighted by Crippen LogP contribution is 2.24. The van der Waals surface area contributed by atoms with Crippen LogP contribution in [0.15, 0.2) is 42.9 Å². The van der Waals surface area contributed by atoms with E-state index in [9.17, 15) is 0 Å². The molecule has 25 heavy (non-hydrogen) atoms. The summed E-state index contributed by atoms with van der Waals surface area (Å²) in [7, 11) is 1.89. The molecule has 1 N–H and O–H groups in total. The summed E-state index contributed by atoms with van der Waals surface area (Å²) in [4.78, 5) is 11.2. The molecule has 0 unspecified atom stereocenters. The van der Waals surface area contributed by atoms with Crippen LogP contribution in [0.3, 0.4) is 0 Å². The normalized spacial score (nSPS) is 16.8. The van der Waals surface area contributed by atoms with E-state index in [0.29, 0.717) is 0 Å². The van der Waals surface area contributed by atoms with Crippen LogP contribution < -0.4 is 5.32 Å². The molecule has 1 atom stereocenters. The molecule has 1 fully saturated rings. The van der Waals surface area contributed by atoms with Crippen molar-refractivity contribution >= 4 is 16.9 Å². The lowest BCUT2D eigenvalue weighted by atomic mass is 10.1. The van der Waals surface area contributed by atoms with Crippen molar-refractivity contribution in [2.75, 3.05) is 38.2 Å². The second-order valence-electron chi connectivity index (χ2n) is 6.25. The van der Waals surface area contributed by atoms with E-state index >= 15 is 0 Å². The van der Waals surface area contributed by atoms with Crippen LogP contribution in [0.4, 0.5) is 5.82 Å². The first-order valence-corrected chi connectivity index (χ1v) is 8.55. The molecule has 7 nitrogen and oxygen atoms in total. The van der Waals surface area contributed by atoms with Crippen molar-refractivity contribution in [1.82, 2.24) is 24.6 Å². The zero-order chi connectivity index (χ0) is 17.1. The number of ether oxygens (including phenoxy) is 1. The van der Waals surface area contributed by atoms with Crippen molar-refractivity contribution in [3.8, 4) is 0 Å². The van der Waals surface area contributed by atoms with Crippen LogP contribution in [0.2, 0.25) is 0 Å². The summed E-state index contributed by atoms with van der Waals surface area (Å²) in [6.45, 7) is 4.40. The summed E-state index contributed by atoms with van der Waals surface area (Å²) in [5.41, 5.74) is 2.07. The first-order valence-electron chi connectivity index (χ1n) is 8.55. The molecule has 1 saturated heterocycles. The molecule has 3 aromatic rings. The van der Waals surface area contributed by atoms with Crippen LogP contribution >= 0.6 is 0 Å². The van der Waals surface area contributed by atoms with Crippen LogP contribution in [0.5, 0.6) is 0 Å². The van der Waals surface area contributed by atoms with Crippen molar-refractivity contribution in [3.63, 3.8) is 0 Å². The second-order valence-corrected chi connectivity index (χ2v) is 6.25. The maximum atomic E-state index is 5.47. The number of hydrogen-bond donors (Lipinski definition) is 1. The van der Waals surface area contributed by atoms with Crippen molar-refractivity contribution in [1.29, 1.82) is 0 Å². The fraction of sp³-hybridized carbons (Fsp3) is 0.389. The van der Waals surface area contributed by atoms with E-state index in [1.165, 1.54) is 5.56 Å². The van der Waals surface area contributed by atoms with Crippen LogP contribution in [-0.2, 0) is 11.8 Å². The Bertz CT molecular complexity index is 828. The lowest BCUT2D eigenvalue weighted by Gasteiger charge is -2.31. The topological polar surface area (TPSA) is 68.1 Å². The largest absolute Gasteiger partial charge is 0.379 e. The van der Waals surface area contributed by atoms with Crippen molar-refractivity contribution in [2.24, 2.45) is 7.05 Å². The Hall–Kier alpha value is -2.51. The second kappa shape index (κ2) is 7.16. The van der Waals surface area contributed by atoms with Gasteiger partial charge in [0.2, 0.25) is 0 Å². The Labute approximate surface area is 146 Å². The molecule has 1 aliphatic rings. The minimum Gasteiger partial charge on any atom is -0.379 e. The Morgan fingerprint density at radius 1 is 1.16 bits per heavy atom. The highest BCUT2D eigenvalue weighted by molar-refractivity contribution is 5.86. The third kappa shape index (κ3) is 3.47. The minimum absolute atomic E-state index is 0.137. The van der Waals surface area contributed by atoms with Crippen molar-refractivity contribution in [3.05, 3.63) is 48.4 Å². The number of hydrogen-bond acceptors (Lipinski definition) is 6. The summed E-state index contributed by atoms with van der Waals surface area (Å²) in [6.07, 6.45) is 3.40. The lowest BCUT2D eigenvalue weighted by molar-refractivity contribution is 0.0361. The predicted molar refractivity (Wildman–Crippen MR) is 96.4 cm³/mol. The van der Waals surface area contributed by atoms with Crippen LogP contribution in [0.1, 0.15) is 11.6 Å². The Morgan fingerprint density at radius 2 is 1.96 bits per heavy atom. The predicted octanol–water partition coefficient (Wildman–Crippen LogP) is 1.85. The van der Waals surface area contributed by atoms with Gasteiger partial charge in [0.25, 0.3) is 0 Å². The molecule has 0 bridgehead atoms. The monoisotopic (exact) mass is 338 g/mol. The summed E-state index contributed by atoms with van der Waals surface area (Å²) in [5, 5.41) is 8.85. The molecule has 0 spiro atoms. The van der Waals surface area contributed by atoms with Gasteiger partial charge in [-0.25, -0.2) is 9.97 Å². The maximum Gasteiger partial charge on any atom is 0.163 e. The molecule has 1 aliphatic heterocycles. The highest BCUT2D eigenvalue weighted by atomic mass is 16.5. The first kappa shape index (κ1) is 16.0. The van der Waals surface area contributed by atoms with E-state index in [1.807, 2.05) is 19.3 Å². The fourth-order valence-corrected chi connectivity index (χ4v) is 3.20. The highest BCUT2D eigenvalue weighted by Gasteiger charge is 2.20. The smallest absolute Gasteiger partial charge is 0.163 e. The van der Waals surface area contributed by atoms with Crippen molar-refractivity contribution < 1.29 is 4.74 Å². The Morgan fingerprint density at radius 3 is 2.76 bits per heavy atom. The molecule has 0 radical (unpaired) electrons. The number of nitrogens with zero attached hydrogens (tertiary/aromatic N) is 5. The van der Waals surface area contributed by atoms with Gasteiger partial charge in [-0.15, -0.1) is 0 Å². The van der Waals surface area contributed by atoms with Gasteiger partial charge < -0.3 is 10.1 Å². The Balaban J connectivity index is 1.63. The maximum absolute atomic E-state index is 5.47. The third-order valence-electron chi connectivity index (χ3n) is 4.59. The van der Waals surface area contributed by atoms with E-state index in [0.717, 1.165) is 49.7 Å². The molecule has 130 valence electrons. The van der Waals surface area contributed by atoms with Gasteiger partial charge in [0.1, 0.15) is 12.1 Å². The van der Waals surface area contributed by atoms with Gasteiger partial charge in [0.05, 0.1) is 30.8 Å². The van der Waals surface area contributed by atoms with E-state index < -0.39 is 0 Å². The van der Waals surface area contributed by atoms with Crippen LogP contribution in [0.25, 0.3) is 11.0 Å². The van der Waals surface area contributed by atoms with E-state index in [-0.39, 0.29) is 6.04 Å². The van der Waals surface area contributed by atoms with Crippen molar-refractivity contribution in [2.45, 2.75) is 6.04 Å². The van der Waals surface area contributed by atoms with Gasteiger partial charge in [-0.1, -0.05) is 30.3 Å². The summed E-state index contributed by atoms with van der Waals surface area (Å²) >= 11 is 0. The van der Waals surface area contributed by atoms with Gasteiger partial charge in [-0.2, -0.15) is 5.10 Å². The van der Waals surface area contributed by atoms with Gasteiger partial charge in [0, 0.05) is 26.7 Å². The number of benzene rings is 1. The summed E-state index contributed by atoms with van der Waals surface area (Å²) in [6, 6.07) is 10.6. The summed E-state index contributed by atoms with van der Waals surface area (Å²) in [5.74, 6) is 0.820. The number of rotatable bonds is 5. The standard InChI is InChI=1S/C18H22N6O/c1-23-18-15(11-21-23)17(19-13-20-18)22-16(14-5-3-2-4-6-14)12-24-7-9-25-10-8-24/h2-6,11,13,16H,7-10,12H2,1H3,(H,19,20,22)/t16-/m0/s1. The molecule has 0 aliphatic carbocycles. The molecular weight excluding hydrogens is 316 g/mol. The molecule has 4 rings (SSSR count). The van der Waals surface area contributed by atoms with Gasteiger partial charge in [-0.05, 0) is 5.56 Å². The van der Waals surface area contributed by atoms with Gasteiger partial charge in [-0.3, -0.25) is 9.58 Å². The first-order chi connectivity index (χ1) is 12.3. The molecule has 0 saturated carbocycles. The lowest BCUT2D eigenvalue weighted by Crippen LogP contribution is -2.40. The minimum atomic E-state index is 0.137. The number of morpholine rings is 1. The SMILES string of the molecule is Cn1ncc2c(N[C@@H](CN3CCOCC3)c3ccccc3)ncnc21. The van der Waals surface area contributed by atoms with Gasteiger partial charge >= 0.3 is 0 Å². The molecule has 3 heterocycles. The average molecular weight is 338 g/mol. The van der Waals surface area contributed by atoms with E-state index in [4.69, 9.17) is 4.74 Å². The number of anilines is 1. The van der Waals surface area contributed by atoms with Crippen LogP contribution in [-0.4, -0.2) is 57.5 Å². The number of fused-ring (bicyclic) bond motifs is 1. The number of nitrogens with one attached hydrogen (secondary N) is 1. The summed E-state index contributed by atoms with van der Waals surface area (Å²) < 4.78 is 7.24. The van der Waals surface area contributed by atoms with E-state index in [2.05, 4.69) is 49.5 Å².